The number of benzene rings is 1. The van der Waals surface area contributed by atoms with Crippen LogP contribution in [0.15, 0.2) is 18.2 Å². The number of amides is 1. The molecule has 0 heterocycles. The van der Waals surface area contributed by atoms with Crippen LogP contribution in [0.4, 0.5) is 0 Å². The molecule has 0 spiro atoms. The molecule has 0 aliphatic heterocycles. The van der Waals surface area contributed by atoms with Crippen LogP contribution in [0.1, 0.15) is 15.9 Å². The summed E-state index contributed by atoms with van der Waals surface area (Å²) in [5.74, 6) is -0.487. The Bertz CT molecular complexity index is 299. The molecule has 0 unspecified atom stereocenters. The molecule has 1 aromatic rings. The van der Waals surface area contributed by atoms with Gasteiger partial charge >= 0.3 is 0 Å². The minimum Gasteiger partial charge on any atom is -0.366 e. The summed E-state index contributed by atoms with van der Waals surface area (Å²) >= 11 is 5.69. The van der Waals surface area contributed by atoms with Crippen molar-refractivity contribution in [2.24, 2.45) is 5.73 Å². The first kappa shape index (κ1) is 11.3. The molecule has 12 heavy (non-hydrogen) atoms. The highest BCUT2D eigenvalue weighted by Crippen LogP contribution is 2.16. The van der Waals surface area contributed by atoms with Crippen LogP contribution in [0.5, 0.6) is 0 Å². The number of nitrogens with two attached hydrogens (primary N) is 1. The van der Waals surface area contributed by atoms with Crippen molar-refractivity contribution >= 4 is 29.9 Å². The van der Waals surface area contributed by atoms with Gasteiger partial charge < -0.3 is 5.73 Å². The molecular formula is C8H9Cl2NO. The molecule has 2 nitrogen and oxygen atoms in total. The Hall–Kier alpha value is -0.730. The van der Waals surface area contributed by atoms with Crippen molar-refractivity contribution in [3.63, 3.8) is 0 Å². The van der Waals surface area contributed by atoms with Gasteiger partial charge in [0.2, 0.25) is 5.91 Å². The summed E-state index contributed by atoms with van der Waals surface area (Å²) in [6.07, 6.45) is 0. The molecule has 0 aromatic heterocycles. The van der Waals surface area contributed by atoms with E-state index in [1.165, 1.54) is 0 Å². The third-order valence-corrected chi connectivity index (χ3v) is 1.72. The van der Waals surface area contributed by atoms with Crippen LogP contribution in [0, 0.1) is 6.92 Å². The van der Waals surface area contributed by atoms with Gasteiger partial charge in [-0.1, -0.05) is 23.2 Å². The van der Waals surface area contributed by atoms with Gasteiger partial charge in [0, 0.05) is 0 Å². The van der Waals surface area contributed by atoms with Gasteiger partial charge in [0.05, 0.1) is 10.6 Å². The highest BCUT2D eigenvalue weighted by Gasteiger charge is 2.04. The molecule has 0 saturated heterocycles. The quantitative estimate of drug-likeness (QED) is 0.751. The Morgan fingerprint density at radius 2 is 2.08 bits per heavy atom. The summed E-state index contributed by atoms with van der Waals surface area (Å²) in [5, 5.41) is 0.406. The van der Waals surface area contributed by atoms with E-state index in [-0.39, 0.29) is 12.4 Å². The van der Waals surface area contributed by atoms with Gasteiger partial charge in [-0.05, 0) is 19.1 Å². The Morgan fingerprint density at radius 3 is 2.50 bits per heavy atom. The van der Waals surface area contributed by atoms with Crippen LogP contribution in [0.25, 0.3) is 0 Å². The third kappa shape index (κ3) is 2.40. The van der Waals surface area contributed by atoms with Crippen LogP contribution in [-0.2, 0) is 0 Å². The fraction of sp³-hybridized carbons (Fsp3) is 0.125. The van der Waals surface area contributed by atoms with Gasteiger partial charge in [-0.15, -0.1) is 12.4 Å². The van der Waals surface area contributed by atoms with Crippen LogP contribution >= 0.6 is 24.0 Å². The zero-order chi connectivity index (χ0) is 8.43. The third-order valence-electron chi connectivity index (χ3n) is 1.39. The van der Waals surface area contributed by atoms with Crippen LogP contribution in [0.2, 0.25) is 5.02 Å². The van der Waals surface area contributed by atoms with E-state index in [0.29, 0.717) is 10.6 Å². The normalized spacial score (nSPS) is 8.83. The van der Waals surface area contributed by atoms with E-state index in [1.807, 2.05) is 13.0 Å². The second kappa shape index (κ2) is 4.33. The lowest BCUT2D eigenvalue weighted by atomic mass is 10.1. The minimum absolute atomic E-state index is 0. The first-order chi connectivity index (χ1) is 5.11. The van der Waals surface area contributed by atoms with Crippen molar-refractivity contribution in [2.45, 2.75) is 6.92 Å². The number of aryl methyl sites for hydroxylation is 1. The van der Waals surface area contributed by atoms with E-state index < -0.39 is 5.91 Å². The largest absolute Gasteiger partial charge is 0.366 e. The van der Waals surface area contributed by atoms with Gasteiger partial charge in [-0.2, -0.15) is 0 Å². The predicted octanol–water partition coefficient (Wildman–Crippen LogP) is 2.17. The van der Waals surface area contributed by atoms with E-state index in [4.69, 9.17) is 17.3 Å². The second-order valence-electron chi connectivity index (χ2n) is 2.35. The lowest BCUT2D eigenvalue weighted by molar-refractivity contribution is 0.100. The molecule has 66 valence electrons. The van der Waals surface area contributed by atoms with E-state index in [2.05, 4.69) is 0 Å². The van der Waals surface area contributed by atoms with E-state index in [9.17, 15) is 4.79 Å². The Labute approximate surface area is 82.1 Å². The highest BCUT2D eigenvalue weighted by atomic mass is 35.5. The monoisotopic (exact) mass is 205 g/mol. The minimum atomic E-state index is -0.487. The van der Waals surface area contributed by atoms with Crippen molar-refractivity contribution in [1.29, 1.82) is 0 Å². The topological polar surface area (TPSA) is 43.1 Å². The second-order valence-corrected chi connectivity index (χ2v) is 2.75. The molecule has 0 bridgehead atoms. The van der Waals surface area contributed by atoms with E-state index >= 15 is 0 Å². The summed E-state index contributed by atoms with van der Waals surface area (Å²) in [7, 11) is 0. The average molecular weight is 206 g/mol. The van der Waals surface area contributed by atoms with Crippen LogP contribution in [-0.4, -0.2) is 5.91 Å². The zero-order valence-electron chi connectivity index (χ0n) is 6.50. The van der Waals surface area contributed by atoms with Crippen molar-refractivity contribution in [2.75, 3.05) is 0 Å². The lowest BCUT2D eigenvalue weighted by Crippen LogP contribution is -2.11. The van der Waals surface area contributed by atoms with Crippen LogP contribution < -0.4 is 5.73 Å². The Morgan fingerprint density at radius 1 is 1.50 bits per heavy atom. The van der Waals surface area contributed by atoms with Crippen molar-refractivity contribution in [1.82, 2.24) is 0 Å². The zero-order valence-corrected chi connectivity index (χ0v) is 8.08. The molecule has 0 saturated carbocycles. The molecule has 1 rings (SSSR count). The maximum atomic E-state index is 10.7. The first-order valence-electron chi connectivity index (χ1n) is 3.17. The number of carbonyl (C=O) groups is 1. The standard InChI is InChI=1S/C8H8ClNO.ClH/c1-5-2-3-7(9)6(4-5)8(10)11;/h2-4H,1H3,(H2,10,11);1H. The number of primary amides is 1. The fourth-order valence-corrected chi connectivity index (χ4v) is 1.04. The summed E-state index contributed by atoms with van der Waals surface area (Å²) in [6.45, 7) is 1.88. The molecule has 0 radical (unpaired) electrons. The van der Waals surface area contributed by atoms with Crippen molar-refractivity contribution in [3.05, 3.63) is 34.3 Å². The van der Waals surface area contributed by atoms with Gasteiger partial charge in [0.25, 0.3) is 0 Å². The maximum Gasteiger partial charge on any atom is 0.250 e. The molecule has 0 aliphatic carbocycles. The fourth-order valence-electron chi connectivity index (χ4n) is 0.828. The lowest BCUT2D eigenvalue weighted by Gasteiger charge is -1.99. The number of hydrogen-bond donors (Lipinski definition) is 1. The van der Waals surface area contributed by atoms with Gasteiger partial charge in [0.15, 0.2) is 0 Å². The SMILES string of the molecule is Cc1ccc(Cl)c(C(N)=O)c1.Cl. The Balaban J connectivity index is 0.00000121. The molecule has 4 heteroatoms. The number of carbonyl (C=O) groups excluding carboxylic acids is 1. The molecular weight excluding hydrogens is 197 g/mol. The van der Waals surface area contributed by atoms with Gasteiger partial charge in [-0.3, -0.25) is 4.79 Å². The van der Waals surface area contributed by atoms with E-state index in [0.717, 1.165) is 5.56 Å². The summed E-state index contributed by atoms with van der Waals surface area (Å²) in [4.78, 5) is 10.7. The molecule has 2 N–H and O–H groups in total. The average Bonchev–Trinajstić information content (AvgIpc) is 1.94. The predicted molar refractivity (Wildman–Crippen MR) is 52.0 cm³/mol. The smallest absolute Gasteiger partial charge is 0.250 e. The number of halogens is 2. The molecule has 0 fully saturated rings. The maximum absolute atomic E-state index is 10.7. The molecule has 0 aliphatic rings. The molecule has 0 atom stereocenters. The summed E-state index contributed by atoms with van der Waals surface area (Å²) in [5.41, 5.74) is 6.42. The van der Waals surface area contributed by atoms with Gasteiger partial charge in [0.1, 0.15) is 0 Å². The summed E-state index contributed by atoms with van der Waals surface area (Å²) < 4.78 is 0. The van der Waals surface area contributed by atoms with Crippen molar-refractivity contribution < 1.29 is 4.79 Å². The Kier molecular flexibility index (Phi) is 4.07. The highest BCUT2D eigenvalue weighted by molar-refractivity contribution is 6.33. The number of hydrogen-bond acceptors (Lipinski definition) is 1. The first-order valence-corrected chi connectivity index (χ1v) is 3.55. The van der Waals surface area contributed by atoms with E-state index in [1.54, 1.807) is 12.1 Å². The molecule has 1 aromatic carbocycles. The van der Waals surface area contributed by atoms with Gasteiger partial charge in [-0.25, -0.2) is 0 Å². The van der Waals surface area contributed by atoms with Crippen LogP contribution in [0.3, 0.4) is 0 Å². The van der Waals surface area contributed by atoms with Crippen molar-refractivity contribution in [3.8, 4) is 0 Å². The summed E-state index contributed by atoms with van der Waals surface area (Å²) in [6, 6.07) is 5.16. The molecule has 1 amide bonds. The number of rotatable bonds is 1.